The number of fused-ring (bicyclic) bond motifs is 1. The van der Waals surface area contributed by atoms with Crippen molar-refractivity contribution in [2.45, 2.75) is 13.3 Å². The molecule has 11 nitrogen and oxygen atoms in total. The first-order chi connectivity index (χ1) is 20.3. The van der Waals surface area contributed by atoms with E-state index >= 15 is 0 Å². The fourth-order valence-electron chi connectivity index (χ4n) is 4.63. The van der Waals surface area contributed by atoms with Crippen molar-refractivity contribution in [1.82, 2.24) is 24.2 Å². The minimum atomic E-state index is -0.595. The molecule has 0 aliphatic carbocycles. The number of para-hydroxylation sites is 1. The molecule has 0 saturated carbocycles. The number of nitrogens with two attached hydrogens (primary N) is 2. The van der Waals surface area contributed by atoms with Crippen LogP contribution in [-0.4, -0.2) is 69.5 Å². The third-order valence-corrected chi connectivity index (χ3v) is 6.66. The smallest absolute Gasteiger partial charge is 0.267 e. The van der Waals surface area contributed by atoms with Gasteiger partial charge in [-0.15, -0.1) is 6.58 Å². The third kappa shape index (κ3) is 6.86. The Morgan fingerprint density at radius 2 is 1.90 bits per heavy atom. The zero-order valence-corrected chi connectivity index (χ0v) is 24.0. The maximum absolute atomic E-state index is 13.4. The van der Waals surface area contributed by atoms with Gasteiger partial charge in [-0.2, -0.15) is 5.10 Å². The Morgan fingerprint density at radius 1 is 1.17 bits per heavy atom. The van der Waals surface area contributed by atoms with Crippen molar-refractivity contribution in [2.75, 3.05) is 50.4 Å². The van der Waals surface area contributed by atoms with Crippen LogP contribution in [-0.2, 0) is 18.2 Å². The van der Waals surface area contributed by atoms with Gasteiger partial charge in [-0.1, -0.05) is 49.1 Å². The van der Waals surface area contributed by atoms with E-state index in [0.29, 0.717) is 36.2 Å². The number of primary amides is 1. The Kier molecular flexibility index (Phi) is 10.1. The number of nitrogens with zero attached hydrogens (tertiary/aromatic N) is 5. The first kappa shape index (κ1) is 30.0. The number of amides is 1. The van der Waals surface area contributed by atoms with Crippen LogP contribution in [0.3, 0.4) is 0 Å². The van der Waals surface area contributed by atoms with Gasteiger partial charge in [0.25, 0.3) is 11.5 Å². The minimum absolute atomic E-state index is 0.0654. The standard InChI is InChI=1S/C23H23N3O2.C8H13N5O/c1-2-21-24-20-12-6-8-18(9-7-13-25-14-16-28-17-15-25)22(20)23(27)26(21)19-10-4-3-5-11-19;1-3-4-11-8-5(7(10)14)6(9)12-13(8)2/h3-6,8,10-12H,2,13-17H2,1H3;3,11H,1,4H2,2H3,(H2,9,12)(H2,10,14). The van der Waals surface area contributed by atoms with Crippen molar-refractivity contribution < 1.29 is 9.53 Å². The van der Waals surface area contributed by atoms with Crippen LogP contribution < -0.4 is 22.3 Å². The summed E-state index contributed by atoms with van der Waals surface area (Å²) in [5.41, 5.74) is 13.1. The van der Waals surface area contributed by atoms with Crippen molar-refractivity contribution in [2.24, 2.45) is 12.8 Å². The largest absolute Gasteiger partial charge is 0.381 e. The number of hydrogen-bond acceptors (Lipinski definition) is 8. The third-order valence-electron chi connectivity index (χ3n) is 6.66. The molecular formula is C31H36N8O3. The Morgan fingerprint density at radius 3 is 2.57 bits per heavy atom. The summed E-state index contributed by atoms with van der Waals surface area (Å²) in [6.07, 6.45) is 2.33. The minimum Gasteiger partial charge on any atom is -0.381 e. The molecule has 42 heavy (non-hydrogen) atoms. The van der Waals surface area contributed by atoms with Crippen LogP contribution in [0.2, 0.25) is 0 Å². The van der Waals surface area contributed by atoms with Gasteiger partial charge in [-0.05, 0) is 24.3 Å². The summed E-state index contributed by atoms with van der Waals surface area (Å²) in [6, 6.07) is 15.4. The van der Waals surface area contributed by atoms with Crippen LogP contribution in [0, 0.1) is 11.8 Å². The highest BCUT2D eigenvalue weighted by atomic mass is 16.5. The second-order valence-corrected chi connectivity index (χ2v) is 9.51. The van der Waals surface area contributed by atoms with Gasteiger partial charge >= 0.3 is 0 Å². The van der Waals surface area contributed by atoms with Crippen LogP contribution in [0.15, 0.2) is 66.0 Å². The molecule has 3 heterocycles. The number of carbonyl (C=O) groups is 1. The highest BCUT2D eigenvalue weighted by molar-refractivity contribution is 6.02. The van der Waals surface area contributed by atoms with Crippen molar-refractivity contribution in [3.63, 3.8) is 0 Å². The van der Waals surface area contributed by atoms with Crippen LogP contribution in [0.25, 0.3) is 16.6 Å². The fourth-order valence-corrected chi connectivity index (χ4v) is 4.63. The Balaban J connectivity index is 0.000000244. The second kappa shape index (κ2) is 14.1. The molecule has 1 aliphatic heterocycles. The van der Waals surface area contributed by atoms with E-state index in [1.54, 1.807) is 17.7 Å². The van der Waals surface area contributed by atoms with E-state index in [-0.39, 0.29) is 16.9 Å². The Hall–Kier alpha value is -4.92. The maximum Gasteiger partial charge on any atom is 0.267 e. The second-order valence-electron chi connectivity index (χ2n) is 9.51. The van der Waals surface area contributed by atoms with E-state index in [1.165, 1.54) is 4.68 Å². The monoisotopic (exact) mass is 568 g/mol. The van der Waals surface area contributed by atoms with Gasteiger partial charge in [0.1, 0.15) is 17.2 Å². The van der Waals surface area contributed by atoms with Crippen LogP contribution >= 0.6 is 0 Å². The van der Waals surface area contributed by atoms with Gasteiger partial charge in [-0.3, -0.25) is 23.7 Å². The van der Waals surface area contributed by atoms with Crippen molar-refractivity contribution >= 4 is 28.4 Å². The molecule has 1 fully saturated rings. The van der Waals surface area contributed by atoms with E-state index < -0.39 is 5.91 Å². The number of rotatable bonds is 7. The molecule has 0 unspecified atom stereocenters. The normalized spacial score (nSPS) is 13.0. The molecule has 2 aromatic heterocycles. The van der Waals surface area contributed by atoms with Gasteiger partial charge in [0, 0.05) is 38.7 Å². The summed E-state index contributed by atoms with van der Waals surface area (Å²) in [6.45, 7) is 10.0. The van der Waals surface area contributed by atoms with Crippen LogP contribution in [0.1, 0.15) is 28.7 Å². The van der Waals surface area contributed by atoms with Crippen molar-refractivity contribution in [1.29, 1.82) is 0 Å². The molecule has 5 N–H and O–H groups in total. The molecule has 1 amide bonds. The fraction of sp³-hybridized carbons (Fsp3) is 0.290. The molecule has 11 heteroatoms. The summed E-state index contributed by atoms with van der Waals surface area (Å²) in [4.78, 5) is 31.5. The Bertz CT molecular complexity index is 1680. The number of hydrogen-bond donors (Lipinski definition) is 3. The zero-order valence-electron chi connectivity index (χ0n) is 24.0. The van der Waals surface area contributed by atoms with E-state index in [4.69, 9.17) is 21.2 Å². The number of ether oxygens (including phenoxy) is 1. The van der Waals surface area contributed by atoms with Crippen molar-refractivity contribution in [3.8, 4) is 17.5 Å². The quantitative estimate of drug-likeness (QED) is 0.227. The average molecular weight is 569 g/mol. The predicted octanol–water partition coefficient (Wildman–Crippen LogP) is 2.33. The molecule has 1 saturated heterocycles. The van der Waals surface area contributed by atoms with E-state index in [1.807, 2.05) is 55.5 Å². The number of anilines is 2. The summed E-state index contributed by atoms with van der Waals surface area (Å²) in [7, 11) is 1.67. The molecule has 0 spiro atoms. The van der Waals surface area contributed by atoms with E-state index in [0.717, 1.165) is 43.4 Å². The molecule has 1 aliphatic rings. The number of carbonyl (C=O) groups excluding carboxylic acids is 1. The lowest BCUT2D eigenvalue weighted by molar-refractivity contribution is 0.0443. The molecular weight excluding hydrogens is 532 g/mol. The average Bonchev–Trinajstić information content (AvgIpc) is 3.29. The maximum atomic E-state index is 13.4. The highest BCUT2D eigenvalue weighted by Gasteiger charge is 2.18. The number of nitrogens with one attached hydrogen (secondary N) is 1. The molecule has 2 aromatic carbocycles. The molecule has 0 atom stereocenters. The van der Waals surface area contributed by atoms with Crippen molar-refractivity contribution in [3.05, 3.63) is 88.5 Å². The number of aryl methyl sites for hydroxylation is 2. The summed E-state index contributed by atoms with van der Waals surface area (Å²) < 4.78 is 8.55. The predicted molar refractivity (Wildman–Crippen MR) is 166 cm³/mol. The first-order valence-corrected chi connectivity index (χ1v) is 13.7. The number of benzene rings is 2. The van der Waals surface area contributed by atoms with Gasteiger partial charge < -0.3 is 21.5 Å². The zero-order chi connectivity index (χ0) is 30.1. The van der Waals surface area contributed by atoms with E-state index in [2.05, 4.69) is 33.7 Å². The Labute approximate surface area is 244 Å². The first-order valence-electron chi connectivity index (χ1n) is 13.7. The number of morpholine rings is 1. The summed E-state index contributed by atoms with van der Waals surface area (Å²) in [5.74, 6) is 7.23. The van der Waals surface area contributed by atoms with Gasteiger partial charge in [0.15, 0.2) is 5.82 Å². The van der Waals surface area contributed by atoms with Crippen LogP contribution in [0.4, 0.5) is 11.6 Å². The molecule has 4 aromatic rings. The highest BCUT2D eigenvalue weighted by Crippen LogP contribution is 2.20. The topological polar surface area (TPSA) is 146 Å². The molecule has 0 radical (unpaired) electrons. The van der Waals surface area contributed by atoms with Crippen LogP contribution in [0.5, 0.6) is 0 Å². The number of nitrogen functional groups attached to an aromatic ring is 1. The van der Waals surface area contributed by atoms with Gasteiger partial charge in [0.2, 0.25) is 0 Å². The van der Waals surface area contributed by atoms with Gasteiger partial charge in [0.05, 0.1) is 36.3 Å². The lowest BCUT2D eigenvalue weighted by Gasteiger charge is -2.24. The summed E-state index contributed by atoms with van der Waals surface area (Å²) in [5, 5.41) is 7.40. The SMILES string of the molecule is C=CCNc1c(C(N)=O)c(N)nn1C.CCc1nc2cccc(C#CCN3CCOCC3)c2c(=O)n1-c1ccccc1. The molecule has 5 rings (SSSR count). The lowest BCUT2D eigenvalue weighted by atomic mass is 10.1. The molecule has 218 valence electrons. The number of aromatic nitrogens is 4. The lowest BCUT2D eigenvalue weighted by Crippen LogP contribution is -2.36. The van der Waals surface area contributed by atoms with Gasteiger partial charge in [-0.25, -0.2) is 4.98 Å². The molecule has 0 bridgehead atoms. The summed E-state index contributed by atoms with van der Waals surface area (Å²) >= 11 is 0. The van der Waals surface area contributed by atoms with E-state index in [9.17, 15) is 9.59 Å².